The summed E-state index contributed by atoms with van der Waals surface area (Å²) >= 11 is 6.79. The lowest BCUT2D eigenvalue weighted by atomic mass is 9.95. The minimum atomic E-state index is -4.66. The van der Waals surface area contributed by atoms with Crippen molar-refractivity contribution in [3.63, 3.8) is 0 Å². The summed E-state index contributed by atoms with van der Waals surface area (Å²) in [6, 6.07) is 11.2. The van der Waals surface area contributed by atoms with E-state index in [-0.39, 0.29) is 30.4 Å². The van der Waals surface area contributed by atoms with Crippen LogP contribution in [0.2, 0.25) is 5.02 Å². The van der Waals surface area contributed by atoms with Crippen molar-refractivity contribution in [3.8, 4) is 0 Å². The molecule has 3 amide bonds. The van der Waals surface area contributed by atoms with Crippen molar-refractivity contribution < 1.29 is 27.6 Å². The number of benzene rings is 1. The number of pyridine rings is 2. The molecule has 3 aromatic rings. The molecule has 2 saturated heterocycles. The quantitative estimate of drug-likeness (QED) is 0.373. The second-order valence-electron chi connectivity index (χ2n) is 11.5. The van der Waals surface area contributed by atoms with Gasteiger partial charge in [-0.3, -0.25) is 19.3 Å². The number of likely N-dealkylation sites (N-methyl/N-ethyl adjacent to an activating group) is 1. The second-order valence-corrected chi connectivity index (χ2v) is 11.9. The fourth-order valence-corrected chi connectivity index (χ4v) is 6.67. The summed E-state index contributed by atoms with van der Waals surface area (Å²) in [4.78, 5) is 57.1. The third kappa shape index (κ3) is 5.63. The Bertz CT molecular complexity index is 1730. The molecule has 0 radical (unpaired) electrons. The number of aryl methyl sites for hydroxylation is 1. The molecule has 2 aromatic heterocycles. The largest absolute Gasteiger partial charge is 0.416 e. The maximum Gasteiger partial charge on any atom is 0.416 e. The Labute approximate surface area is 268 Å². The summed E-state index contributed by atoms with van der Waals surface area (Å²) in [6.07, 6.45) is -3.47. The molecule has 3 aliphatic rings. The van der Waals surface area contributed by atoms with Crippen LogP contribution in [0.5, 0.6) is 0 Å². The zero-order chi connectivity index (χ0) is 32.9. The van der Waals surface area contributed by atoms with Gasteiger partial charge in [-0.2, -0.15) is 13.2 Å². The van der Waals surface area contributed by atoms with Crippen molar-refractivity contribution in [1.29, 1.82) is 0 Å². The highest BCUT2D eigenvalue weighted by atomic mass is 35.5. The lowest BCUT2D eigenvalue weighted by Gasteiger charge is -2.39. The first-order valence-corrected chi connectivity index (χ1v) is 15.1. The van der Waals surface area contributed by atoms with Gasteiger partial charge in [-0.05, 0) is 49.4 Å². The standard InChI is InChI=1S/C32H31ClF3N7O3/c1-4-27(44)41-13-11-40(12-14-41)24-9-6-10-25(38-24)42-18-20-16-28(45)43(26-17-21(32(34,35)36)15-19(2)37-26)29(20)31(46)39(3)23-8-5-7-22(33)30(23)42/h4-10,15,17,20,29H,1,11-14,16,18H2,2-3H3/t20-,29+/m1/s1. The van der Waals surface area contributed by atoms with E-state index in [2.05, 4.69) is 16.5 Å². The van der Waals surface area contributed by atoms with E-state index in [4.69, 9.17) is 16.6 Å². The lowest BCUT2D eigenvalue weighted by molar-refractivity contribution is -0.137. The first kappa shape index (κ1) is 31.3. The number of halogens is 4. The Morgan fingerprint density at radius 2 is 1.70 bits per heavy atom. The molecule has 10 nitrogen and oxygen atoms in total. The topological polar surface area (TPSA) is 93.2 Å². The van der Waals surface area contributed by atoms with Gasteiger partial charge in [-0.15, -0.1) is 0 Å². The number of hydrogen-bond acceptors (Lipinski definition) is 7. The third-order valence-corrected chi connectivity index (χ3v) is 8.93. The van der Waals surface area contributed by atoms with Gasteiger partial charge < -0.3 is 19.6 Å². The minimum Gasteiger partial charge on any atom is -0.353 e. The molecule has 2 fully saturated rings. The Kier molecular flexibility index (Phi) is 8.13. The Hall–Kier alpha value is -4.65. The molecule has 1 aromatic carbocycles. The van der Waals surface area contributed by atoms with E-state index >= 15 is 0 Å². The van der Waals surface area contributed by atoms with Crippen LogP contribution in [-0.4, -0.2) is 78.4 Å². The van der Waals surface area contributed by atoms with Gasteiger partial charge in [0.25, 0.3) is 0 Å². The molecule has 2 atom stereocenters. The van der Waals surface area contributed by atoms with Crippen LogP contribution in [0.25, 0.3) is 0 Å². The summed E-state index contributed by atoms with van der Waals surface area (Å²) < 4.78 is 41.2. The van der Waals surface area contributed by atoms with E-state index in [1.807, 2.05) is 17.0 Å². The van der Waals surface area contributed by atoms with Crippen LogP contribution >= 0.6 is 11.6 Å². The van der Waals surface area contributed by atoms with Crippen LogP contribution < -0.4 is 19.6 Å². The molecule has 14 heteroatoms. The van der Waals surface area contributed by atoms with Crippen LogP contribution in [0.1, 0.15) is 17.7 Å². The predicted molar refractivity (Wildman–Crippen MR) is 168 cm³/mol. The first-order chi connectivity index (χ1) is 21.9. The third-order valence-electron chi connectivity index (χ3n) is 8.63. The van der Waals surface area contributed by atoms with Crippen molar-refractivity contribution in [1.82, 2.24) is 14.9 Å². The molecule has 0 saturated carbocycles. The lowest BCUT2D eigenvalue weighted by Crippen LogP contribution is -2.52. The van der Waals surface area contributed by atoms with Gasteiger partial charge in [-0.1, -0.05) is 30.3 Å². The van der Waals surface area contributed by atoms with Crippen molar-refractivity contribution in [3.05, 3.63) is 77.5 Å². The van der Waals surface area contributed by atoms with Crippen molar-refractivity contribution >= 4 is 58.2 Å². The Morgan fingerprint density at radius 3 is 2.39 bits per heavy atom. The maximum absolute atomic E-state index is 14.1. The highest BCUT2D eigenvalue weighted by molar-refractivity contribution is 6.34. The molecule has 6 rings (SSSR count). The maximum atomic E-state index is 14.1. The average molecular weight is 654 g/mol. The summed E-state index contributed by atoms with van der Waals surface area (Å²) in [5, 5.41) is 0.357. The molecule has 240 valence electrons. The molecule has 3 aliphatic heterocycles. The number of carbonyl (C=O) groups is 3. The average Bonchev–Trinajstić information content (AvgIpc) is 3.36. The van der Waals surface area contributed by atoms with Crippen molar-refractivity contribution in [2.75, 3.05) is 59.4 Å². The number of fused-ring (bicyclic) bond motifs is 2. The molecule has 0 bridgehead atoms. The number of hydrogen-bond donors (Lipinski definition) is 0. The number of amides is 3. The predicted octanol–water partition coefficient (Wildman–Crippen LogP) is 4.83. The van der Waals surface area contributed by atoms with Gasteiger partial charge in [0.15, 0.2) is 0 Å². The Morgan fingerprint density at radius 1 is 1.00 bits per heavy atom. The SMILES string of the molecule is C=CC(=O)N1CCN(c2cccc(N3C[C@H]4CC(=O)N(c5cc(C(F)(F)F)cc(C)n5)[C@@H]4C(=O)N(C)c4cccc(Cl)c43)n2)CC1. The van der Waals surface area contributed by atoms with E-state index < -0.39 is 35.5 Å². The zero-order valence-electron chi connectivity index (χ0n) is 25.2. The van der Waals surface area contributed by atoms with Crippen LogP contribution in [0.15, 0.2) is 61.2 Å². The van der Waals surface area contributed by atoms with Crippen LogP contribution in [0, 0.1) is 12.8 Å². The van der Waals surface area contributed by atoms with E-state index in [1.54, 1.807) is 36.2 Å². The highest BCUT2D eigenvalue weighted by Crippen LogP contribution is 2.45. The number of aromatic nitrogens is 2. The molecule has 0 aliphatic carbocycles. The summed E-state index contributed by atoms with van der Waals surface area (Å²) in [5.74, 6) is -0.776. The summed E-state index contributed by atoms with van der Waals surface area (Å²) in [5.41, 5.74) is 0.0881. The molecule has 0 spiro atoms. The highest BCUT2D eigenvalue weighted by Gasteiger charge is 2.50. The monoisotopic (exact) mass is 653 g/mol. The van der Waals surface area contributed by atoms with Crippen LogP contribution in [0.4, 0.5) is 42.0 Å². The number of piperazine rings is 1. The number of carbonyl (C=O) groups excluding carboxylic acids is 3. The summed E-state index contributed by atoms with van der Waals surface area (Å²) in [6.45, 7) is 7.23. The smallest absolute Gasteiger partial charge is 0.353 e. The molecule has 0 N–H and O–H groups in total. The number of anilines is 5. The van der Waals surface area contributed by atoms with Crippen molar-refractivity contribution in [2.24, 2.45) is 5.92 Å². The molecule has 0 unspecified atom stereocenters. The number of nitrogens with zero attached hydrogens (tertiary/aromatic N) is 7. The molecular formula is C32H31ClF3N7O3. The van der Waals surface area contributed by atoms with Gasteiger partial charge in [0.05, 0.1) is 22.0 Å². The van der Waals surface area contributed by atoms with Gasteiger partial charge in [0, 0.05) is 57.8 Å². The van der Waals surface area contributed by atoms with Crippen molar-refractivity contribution in [2.45, 2.75) is 25.6 Å². The van der Waals surface area contributed by atoms with E-state index in [0.717, 1.165) is 17.0 Å². The molecular weight excluding hydrogens is 623 g/mol. The van der Waals surface area contributed by atoms with Gasteiger partial charge in [-0.25, -0.2) is 9.97 Å². The first-order valence-electron chi connectivity index (χ1n) is 14.7. The molecule has 5 heterocycles. The van der Waals surface area contributed by atoms with Gasteiger partial charge in [0.1, 0.15) is 23.5 Å². The van der Waals surface area contributed by atoms with E-state index in [0.29, 0.717) is 54.2 Å². The normalized spacial score (nSPS) is 20.3. The minimum absolute atomic E-state index is 0.0715. The van der Waals surface area contributed by atoms with Crippen LogP contribution in [0.3, 0.4) is 0 Å². The second kappa shape index (κ2) is 11.9. The summed E-state index contributed by atoms with van der Waals surface area (Å²) in [7, 11) is 1.55. The van der Waals surface area contributed by atoms with E-state index in [1.165, 1.54) is 17.9 Å². The number of alkyl halides is 3. The zero-order valence-corrected chi connectivity index (χ0v) is 25.9. The number of rotatable bonds is 4. The molecule has 46 heavy (non-hydrogen) atoms. The number of para-hydroxylation sites is 1. The Balaban J connectivity index is 1.40. The fraction of sp³-hybridized carbons (Fsp3) is 0.344. The van der Waals surface area contributed by atoms with Gasteiger partial charge in [0.2, 0.25) is 17.7 Å². The van der Waals surface area contributed by atoms with Gasteiger partial charge >= 0.3 is 6.18 Å². The fourth-order valence-electron chi connectivity index (χ4n) is 6.40. The van der Waals surface area contributed by atoms with Crippen LogP contribution in [-0.2, 0) is 20.6 Å². The van der Waals surface area contributed by atoms with E-state index in [9.17, 15) is 27.6 Å².